The maximum absolute atomic E-state index is 13.8. The number of hydrogen-bond donors (Lipinski definition) is 12. The van der Waals surface area contributed by atoms with Crippen LogP contribution in [0.4, 0.5) is 0 Å². The van der Waals surface area contributed by atoms with Gasteiger partial charge in [0.05, 0.1) is 75.3 Å². The summed E-state index contributed by atoms with van der Waals surface area (Å²) in [4.78, 5) is 27.6. The Labute approximate surface area is 506 Å². The zero-order valence-electron chi connectivity index (χ0n) is 50.2. The minimum Gasteiger partial charge on any atom is -0.508 e. The van der Waals surface area contributed by atoms with Crippen LogP contribution in [0.25, 0.3) is 12.2 Å². The molecule has 2 aromatic carbocycles. The van der Waals surface area contributed by atoms with Gasteiger partial charge in [-0.3, -0.25) is 0 Å². The van der Waals surface area contributed by atoms with Gasteiger partial charge in [-0.1, -0.05) is 145 Å². The number of aliphatic hydroxyl groups is 10. The van der Waals surface area contributed by atoms with Gasteiger partial charge in [-0.05, 0) is 89.5 Å². The van der Waals surface area contributed by atoms with Crippen molar-refractivity contribution in [2.45, 2.75) is 178 Å². The number of phenolic OH excluding ortho intramolecular Hbond substituents is 2. The Balaban J connectivity index is 1.83. The molecule has 12 N–H and O–H groups in total. The summed E-state index contributed by atoms with van der Waals surface area (Å²) in [5.41, 5.74) is 2.23. The van der Waals surface area contributed by atoms with Crippen molar-refractivity contribution in [3.8, 4) is 23.0 Å². The van der Waals surface area contributed by atoms with E-state index in [0.29, 0.717) is 0 Å². The Morgan fingerprint density at radius 2 is 0.802 bits per heavy atom. The summed E-state index contributed by atoms with van der Waals surface area (Å²) in [6.07, 6.45) is 25.5. The Bertz CT molecular complexity index is 2570. The van der Waals surface area contributed by atoms with Gasteiger partial charge in [0.2, 0.25) is 0 Å². The van der Waals surface area contributed by atoms with Gasteiger partial charge in [0.15, 0.2) is 0 Å². The minimum absolute atomic E-state index is 0.00104. The first kappa shape index (κ1) is 73.3. The number of methoxy groups -OCH3 is 2. The predicted octanol–water partition coefficient (Wildman–Crippen LogP) is 8.58. The highest BCUT2D eigenvalue weighted by Crippen LogP contribution is 2.33. The molecule has 12 unspecified atom stereocenters. The number of hydrogen-bond acceptors (Lipinski definition) is 18. The Morgan fingerprint density at radius 3 is 1.14 bits per heavy atom. The van der Waals surface area contributed by atoms with Crippen molar-refractivity contribution in [2.75, 3.05) is 14.2 Å². The molecule has 3 rings (SSSR count). The first-order chi connectivity index (χ1) is 41.0. The van der Waals surface area contributed by atoms with Crippen molar-refractivity contribution in [1.29, 1.82) is 0 Å². The maximum atomic E-state index is 13.8. The lowest BCUT2D eigenvalue weighted by molar-refractivity contribution is -0.00169. The Morgan fingerprint density at radius 1 is 0.465 bits per heavy atom. The Hall–Kier alpha value is -6.94. The van der Waals surface area contributed by atoms with Gasteiger partial charge < -0.3 is 80.2 Å². The first-order valence-corrected chi connectivity index (χ1v) is 29.0. The van der Waals surface area contributed by atoms with Crippen LogP contribution < -0.4 is 9.47 Å². The van der Waals surface area contributed by atoms with Crippen LogP contribution in [0.2, 0.25) is 0 Å². The van der Waals surface area contributed by atoms with Crippen LogP contribution in [0.1, 0.15) is 137 Å². The highest BCUT2D eigenvalue weighted by atomic mass is 16.6. The van der Waals surface area contributed by atoms with E-state index in [0.717, 1.165) is 11.1 Å². The predicted molar refractivity (Wildman–Crippen MR) is 333 cm³/mol. The molecule has 86 heavy (non-hydrogen) atoms. The molecule has 12 atom stereocenters. The van der Waals surface area contributed by atoms with E-state index < -0.39 is 85.2 Å². The monoisotopic (exact) mass is 1200 g/mol. The van der Waals surface area contributed by atoms with E-state index in [4.69, 9.17) is 18.9 Å². The van der Waals surface area contributed by atoms with Gasteiger partial charge in [0.1, 0.15) is 46.3 Å². The minimum atomic E-state index is -1.09. The van der Waals surface area contributed by atoms with Crippen LogP contribution in [0.3, 0.4) is 0 Å². The number of esters is 2. The summed E-state index contributed by atoms with van der Waals surface area (Å²) < 4.78 is 22.5. The molecule has 1 heterocycles. The first-order valence-electron chi connectivity index (χ1n) is 29.0. The summed E-state index contributed by atoms with van der Waals surface area (Å²) in [6.45, 7) is 6.71. The number of fused-ring (bicyclic) bond motifs is 2. The molecule has 1 aliphatic heterocycles. The second kappa shape index (κ2) is 40.4. The van der Waals surface area contributed by atoms with Crippen molar-refractivity contribution in [3.05, 3.63) is 179 Å². The molecule has 2 aromatic rings. The van der Waals surface area contributed by atoms with Crippen molar-refractivity contribution < 1.29 is 89.8 Å². The van der Waals surface area contributed by atoms with Crippen LogP contribution in [0.15, 0.2) is 157 Å². The molecule has 0 radical (unpaired) electrons. The number of benzene rings is 2. The highest BCUT2D eigenvalue weighted by molar-refractivity contribution is 5.98. The number of carbonyl (C=O) groups is 2. The van der Waals surface area contributed by atoms with Crippen molar-refractivity contribution in [3.63, 3.8) is 0 Å². The molecule has 0 amide bonds. The molecule has 0 saturated heterocycles. The standard InChI is InChI=1S/C68H92O18/c1-45-23-17-13-9-7-11-15-19-25-49-35-57(77)43-63(83-5)65(49)67(81)86-62(34-48(4)70)42-54(74)30-22-28-52(72)38-60(80)40-56(76)32-46(2)24-18-14-10-8-12-16-20-26-50-36-58(78)44-64(84-6)66(50)68(82)85-61(33-47(3)69)41-53(73)29-21-27-51(71)37-59(79)39-55(75)31-45/h7-28,35-36,43-44,47-48,51-56,59-62,69-80H,29-34,37-42H2,1-6H3/b9-7+,10-8+,15-11+,16-12+,17-13+,18-14+,25-19+,26-20+,27-21+,28-22+,45-23+,46-24+. The van der Waals surface area contributed by atoms with Crippen molar-refractivity contribution in [2.24, 2.45) is 0 Å². The zero-order chi connectivity index (χ0) is 63.6. The van der Waals surface area contributed by atoms with Crippen LogP contribution in [0, 0.1) is 0 Å². The largest absolute Gasteiger partial charge is 0.508 e. The molecule has 472 valence electrons. The number of aromatic hydroxyl groups is 2. The third-order valence-electron chi connectivity index (χ3n) is 13.3. The quantitative estimate of drug-likeness (QED) is 0.0951. The number of aliphatic hydroxyl groups excluding tert-OH is 10. The number of cyclic esters (lactones) is 2. The fourth-order valence-electron chi connectivity index (χ4n) is 9.40. The lowest BCUT2D eigenvalue weighted by Gasteiger charge is -2.23. The molecule has 0 bridgehead atoms. The van der Waals surface area contributed by atoms with E-state index in [1.54, 1.807) is 109 Å². The second-order valence-corrected chi connectivity index (χ2v) is 21.7. The van der Waals surface area contributed by atoms with E-state index in [1.807, 2.05) is 26.0 Å². The molecule has 18 heteroatoms. The SMILES string of the molecule is COc1cc(O)cc2c1C(=O)OC(CC(C)O)CC(O)C/C=C/C(O)CC(O)CC(O)C/C(C)=C/C=C/C=C/C=C/C=C/c1cc(O)cc(OC)c1C(=O)OC(CC(C)O)CC(O)C/C=C/C(O)CC(O)CC(O)C/C(C)=C/C=C/C=C/C=C/C=C/2. The number of rotatable bonds is 6. The van der Waals surface area contributed by atoms with Gasteiger partial charge in [-0.15, -0.1) is 0 Å². The van der Waals surface area contributed by atoms with Crippen LogP contribution >= 0.6 is 0 Å². The van der Waals surface area contributed by atoms with Gasteiger partial charge in [-0.25, -0.2) is 9.59 Å². The van der Waals surface area contributed by atoms with Crippen LogP contribution in [0.5, 0.6) is 23.0 Å². The number of carbonyl (C=O) groups excluding carboxylic acids is 2. The molecule has 0 aliphatic carbocycles. The average molecular weight is 1200 g/mol. The molecule has 0 saturated carbocycles. The van der Waals surface area contributed by atoms with E-state index in [-0.39, 0.29) is 122 Å². The van der Waals surface area contributed by atoms with Gasteiger partial charge in [0, 0.05) is 50.7 Å². The second-order valence-electron chi connectivity index (χ2n) is 21.7. The van der Waals surface area contributed by atoms with Crippen molar-refractivity contribution >= 4 is 24.1 Å². The highest BCUT2D eigenvalue weighted by Gasteiger charge is 2.28. The summed E-state index contributed by atoms with van der Waals surface area (Å²) in [6, 6.07) is 5.27. The van der Waals surface area contributed by atoms with Crippen LogP contribution in [-0.2, 0) is 9.47 Å². The average Bonchev–Trinajstić information content (AvgIpc) is 1.53. The van der Waals surface area contributed by atoms with Crippen molar-refractivity contribution in [1.82, 2.24) is 0 Å². The molecular formula is C68H92O18. The summed E-state index contributed by atoms with van der Waals surface area (Å²) in [5.74, 6) is -1.90. The zero-order valence-corrected chi connectivity index (χ0v) is 50.2. The maximum Gasteiger partial charge on any atom is 0.342 e. The summed E-state index contributed by atoms with van der Waals surface area (Å²) in [7, 11) is 2.67. The molecule has 0 spiro atoms. The molecular weight excluding hydrogens is 1100 g/mol. The number of phenols is 2. The fraction of sp³-hybridized carbons (Fsp3) is 0.441. The van der Waals surface area contributed by atoms with E-state index >= 15 is 0 Å². The smallest absolute Gasteiger partial charge is 0.342 e. The van der Waals surface area contributed by atoms with E-state index in [1.165, 1.54) is 64.5 Å². The third kappa shape index (κ3) is 30.4. The lowest BCUT2D eigenvalue weighted by Crippen LogP contribution is -2.27. The molecule has 1 aliphatic rings. The molecule has 18 nitrogen and oxygen atoms in total. The van der Waals surface area contributed by atoms with E-state index in [2.05, 4.69) is 0 Å². The summed E-state index contributed by atoms with van der Waals surface area (Å²) in [5, 5.41) is 127. The topological polar surface area (TPSA) is 314 Å². The van der Waals surface area contributed by atoms with E-state index in [9.17, 15) is 70.9 Å². The van der Waals surface area contributed by atoms with Crippen LogP contribution in [-0.4, -0.2) is 161 Å². The van der Waals surface area contributed by atoms with Gasteiger partial charge >= 0.3 is 11.9 Å². The van der Waals surface area contributed by atoms with Gasteiger partial charge in [-0.2, -0.15) is 0 Å². The fourth-order valence-corrected chi connectivity index (χ4v) is 9.40. The lowest BCUT2D eigenvalue weighted by atomic mass is 9.99. The summed E-state index contributed by atoms with van der Waals surface area (Å²) >= 11 is 0. The number of ether oxygens (including phenoxy) is 4. The Kier molecular flexibility index (Phi) is 34.5. The molecule has 0 fully saturated rings. The third-order valence-corrected chi connectivity index (χ3v) is 13.3. The molecule has 0 aromatic heterocycles. The van der Waals surface area contributed by atoms with Gasteiger partial charge in [0.25, 0.3) is 0 Å². The normalized spacial score (nSPS) is 30.8. The number of allylic oxidation sites excluding steroid dienone is 16.